The van der Waals surface area contributed by atoms with Gasteiger partial charge in [0, 0.05) is 26.6 Å². The van der Waals surface area contributed by atoms with Crippen molar-refractivity contribution in [1.82, 2.24) is 0 Å². The molecule has 0 saturated heterocycles. The zero-order valence-electron chi connectivity index (χ0n) is 14.4. The Morgan fingerprint density at radius 2 is 1.14 bits per heavy atom. The summed E-state index contributed by atoms with van der Waals surface area (Å²) in [6, 6.07) is 12.0. The second-order valence-electron chi connectivity index (χ2n) is 4.48. The van der Waals surface area contributed by atoms with E-state index in [1.807, 2.05) is 36.4 Å². The average molecular weight is 312 g/mol. The van der Waals surface area contributed by atoms with Crippen LogP contribution in [0, 0.1) is 0 Å². The molecule has 2 N–H and O–H groups in total. The Hall–Kier alpha value is -1.52. The fraction of sp³-hybridized carbons (Fsp3) is 0.556. The van der Waals surface area contributed by atoms with Gasteiger partial charge >= 0.3 is 0 Å². The molecule has 0 heterocycles. The van der Waals surface area contributed by atoms with E-state index < -0.39 is 0 Å². The van der Waals surface area contributed by atoms with Gasteiger partial charge in [-0.2, -0.15) is 0 Å². The van der Waals surface area contributed by atoms with Crippen LogP contribution in [0.1, 0.15) is 52.9 Å². The Morgan fingerprint density at radius 1 is 0.909 bits per heavy atom. The summed E-state index contributed by atoms with van der Waals surface area (Å²) in [4.78, 5) is 19.9. The number of benzene rings is 1. The molecule has 4 nitrogen and oxygen atoms in total. The lowest BCUT2D eigenvalue weighted by molar-refractivity contribution is -0.120. The van der Waals surface area contributed by atoms with Crippen molar-refractivity contribution in [2.24, 2.45) is 0 Å². The van der Waals surface area contributed by atoms with Crippen LogP contribution in [0.5, 0.6) is 0 Å². The van der Waals surface area contributed by atoms with E-state index in [0.29, 0.717) is 5.78 Å². The molecule has 22 heavy (non-hydrogen) atoms. The van der Waals surface area contributed by atoms with Gasteiger partial charge in [-0.05, 0) is 33.6 Å². The highest BCUT2D eigenvalue weighted by atomic mass is 16.2. The van der Waals surface area contributed by atoms with E-state index in [1.54, 1.807) is 6.92 Å². The fourth-order valence-corrected chi connectivity index (χ4v) is 1.33. The van der Waals surface area contributed by atoms with Gasteiger partial charge in [0.05, 0.1) is 0 Å². The Bertz CT molecular complexity index is 284. The lowest BCUT2D eigenvalue weighted by Gasteiger charge is -2.05. The first kappa shape index (κ1) is 25.4. The predicted octanol–water partition coefficient (Wildman–Crippen LogP) is 3.41. The van der Waals surface area contributed by atoms with Crippen LogP contribution in [0.15, 0.2) is 36.4 Å². The molecule has 0 spiro atoms. The van der Waals surface area contributed by atoms with Crippen molar-refractivity contribution in [3.8, 4) is 0 Å². The summed E-state index contributed by atoms with van der Waals surface area (Å²) < 4.78 is 0. The molecule has 0 amide bonds. The molecular formula is C18H32O4. The molecular weight excluding hydrogens is 280 g/mol. The predicted molar refractivity (Wildman–Crippen MR) is 91.8 cm³/mol. The van der Waals surface area contributed by atoms with Crippen LogP contribution in [0.3, 0.4) is 0 Å². The van der Waals surface area contributed by atoms with Crippen molar-refractivity contribution in [2.45, 2.75) is 52.9 Å². The summed E-state index contributed by atoms with van der Waals surface area (Å²) >= 11 is 0. The van der Waals surface area contributed by atoms with Crippen molar-refractivity contribution in [2.75, 3.05) is 13.7 Å². The standard InChI is InChI=1S/C6H10O.C6H6.C3H6O.C2H6O.CH4O/c7-6-4-2-1-3-5-6;1-2-4-6-5-3-1;1-3(2)4;1-2-3;1-2/h1-5H2;1-6H;1-2H3;3H,2H2,1H3;2H,1H3. The van der Waals surface area contributed by atoms with E-state index in [1.165, 1.54) is 20.3 Å². The molecule has 4 heteroatoms. The molecule has 0 bridgehead atoms. The molecule has 1 aromatic rings. The first-order chi connectivity index (χ1) is 10.5. The van der Waals surface area contributed by atoms with Gasteiger partial charge in [0.2, 0.25) is 0 Å². The third-order valence-electron chi connectivity index (χ3n) is 2.08. The zero-order valence-corrected chi connectivity index (χ0v) is 14.4. The van der Waals surface area contributed by atoms with E-state index in [0.717, 1.165) is 32.8 Å². The molecule has 0 aromatic heterocycles. The van der Waals surface area contributed by atoms with Crippen LogP contribution >= 0.6 is 0 Å². The van der Waals surface area contributed by atoms with Crippen molar-refractivity contribution >= 4 is 11.6 Å². The van der Waals surface area contributed by atoms with E-state index in [2.05, 4.69) is 0 Å². The molecule has 1 aliphatic rings. The normalized spacial score (nSPS) is 11.6. The third kappa shape index (κ3) is 36.3. The fourth-order valence-electron chi connectivity index (χ4n) is 1.33. The van der Waals surface area contributed by atoms with Crippen LogP contribution in [0.4, 0.5) is 0 Å². The lowest BCUT2D eigenvalue weighted by Crippen LogP contribution is -2.02. The van der Waals surface area contributed by atoms with Crippen molar-refractivity contribution < 1.29 is 19.8 Å². The van der Waals surface area contributed by atoms with Crippen LogP contribution < -0.4 is 0 Å². The molecule has 2 rings (SSSR count). The number of carbonyl (C=O) groups is 2. The quantitative estimate of drug-likeness (QED) is 0.770. The first-order valence-corrected chi connectivity index (χ1v) is 7.59. The second-order valence-corrected chi connectivity index (χ2v) is 4.48. The first-order valence-electron chi connectivity index (χ1n) is 7.59. The molecule has 0 unspecified atom stereocenters. The molecule has 0 atom stereocenters. The molecule has 128 valence electrons. The molecule has 0 radical (unpaired) electrons. The minimum atomic E-state index is 0.167. The molecule has 1 aliphatic carbocycles. The van der Waals surface area contributed by atoms with Gasteiger partial charge in [-0.3, -0.25) is 4.79 Å². The second kappa shape index (κ2) is 24.5. The van der Waals surface area contributed by atoms with Crippen molar-refractivity contribution in [3.63, 3.8) is 0 Å². The number of carbonyl (C=O) groups excluding carboxylic acids is 2. The van der Waals surface area contributed by atoms with Gasteiger partial charge < -0.3 is 15.0 Å². The Morgan fingerprint density at radius 3 is 1.27 bits per heavy atom. The van der Waals surface area contributed by atoms with E-state index in [-0.39, 0.29) is 12.4 Å². The van der Waals surface area contributed by atoms with E-state index >= 15 is 0 Å². The topological polar surface area (TPSA) is 74.6 Å². The smallest absolute Gasteiger partial charge is 0.132 e. The van der Waals surface area contributed by atoms with Gasteiger partial charge in [0.1, 0.15) is 11.6 Å². The Kier molecular flexibility index (Phi) is 28.3. The number of hydrogen-bond acceptors (Lipinski definition) is 4. The maximum Gasteiger partial charge on any atom is 0.132 e. The van der Waals surface area contributed by atoms with Gasteiger partial charge in [-0.15, -0.1) is 0 Å². The van der Waals surface area contributed by atoms with Crippen molar-refractivity contribution in [1.29, 1.82) is 0 Å². The monoisotopic (exact) mass is 312 g/mol. The Balaban J connectivity index is -0.000000221. The van der Waals surface area contributed by atoms with E-state index in [4.69, 9.17) is 10.2 Å². The van der Waals surface area contributed by atoms with Gasteiger partial charge in [0.15, 0.2) is 0 Å². The number of aliphatic hydroxyl groups excluding tert-OH is 2. The lowest BCUT2D eigenvalue weighted by atomic mass is 10.00. The summed E-state index contributed by atoms with van der Waals surface area (Å²) in [7, 11) is 1.00. The highest BCUT2D eigenvalue weighted by molar-refractivity contribution is 5.78. The van der Waals surface area contributed by atoms with Crippen LogP contribution in [0.25, 0.3) is 0 Å². The van der Waals surface area contributed by atoms with Crippen LogP contribution in [-0.4, -0.2) is 35.5 Å². The maximum absolute atomic E-state index is 10.5. The number of rotatable bonds is 0. The molecule has 1 saturated carbocycles. The minimum absolute atomic E-state index is 0.167. The highest BCUT2D eigenvalue weighted by Gasteiger charge is 2.05. The number of aliphatic hydroxyl groups is 2. The van der Waals surface area contributed by atoms with Gasteiger partial charge in [-0.1, -0.05) is 42.8 Å². The zero-order chi connectivity index (χ0) is 17.6. The number of Topliss-reactive ketones (excluding diaryl/α,β-unsaturated/α-hetero) is 2. The summed E-state index contributed by atoms with van der Waals surface area (Å²) in [6.45, 7) is 4.99. The average Bonchev–Trinajstić information content (AvgIpc) is 2.53. The minimum Gasteiger partial charge on any atom is -0.400 e. The summed E-state index contributed by atoms with van der Waals surface area (Å²) in [5.41, 5.74) is 0. The summed E-state index contributed by atoms with van der Waals surface area (Å²) in [6.07, 6.45) is 5.24. The molecule has 1 fully saturated rings. The number of hydrogen-bond donors (Lipinski definition) is 2. The largest absolute Gasteiger partial charge is 0.400 e. The molecule has 1 aromatic carbocycles. The third-order valence-corrected chi connectivity index (χ3v) is 2.08. The maximum atomic E-state index is 10.5. The number of ketones is 2. The Labute approximate surface area is 135 Å². The SMILES string of the molecule is CC(C)=O.CCO.CO.O=C1CCCCC1.c1ccccc1. The van der Waals surface area contributed by atoms with E-state index in [9.17, 15) is 9.59 Å². The summed E-state index contributed by atoms with van der Waals surface area (Å²) in [5.74, 6) is 0.631. The highest BCUT2D eigenvalue weighted by Crippen LogP contribution is 2.12. The summed E-state index contributed by atoms with van der Waals surface area (Å²) in [5, 5.41) is 14.6. The van der Waals surface area contributed by atoms with Gasteiger partial charge in [-0.25, -0.2) is 0 Å². The van der Waals surface area contributed by atoms with Gasteiger partial charge in [0.25, 0.3) is 0 Å². The van der Waals surface area contributed by atoms with Crippen molar-refractivity contribution in [3.05, 3.63) is 36.4 Å². The van der Waals surface area contributed by atoms with Crippen LogP contribution in [-0.2, 0) is 9.59 Å². The molecule has 0 aliphatic heterocycles. The van der Waals surface area contributed by atoms with Crippen LogP contribution in [0.2, 0.25) is 0 Å².